The Labute approximate surface area is 108 Å². The zero-order valence-electron chi connectivity index (χ0n) is 10.8. The number of pyridine rings is 1. The highest BCUT2D eigenvalue weighted by atomic mass is 16.5. The lowest BCUT2D eigenvalue weighted by Crippen LogP contribution is -2.06. The van der Waals surface area contributed by atoms with E-state index in [2.05, 4.69) is 35.4 Å². The normalized spacial score (nSPS) is 12.1. The molecule has 3 heteroatoms. The zero-order chi connectivity index (χ0) is 12.8. The predicted molar refractivity (Wildman–Crippen MR) is 73.4 cm³/mol. The van der Waals surface area contributed by atoms with Crippen LogP contribution in [0.2, 0.25) is 0 Å². The van der Waals surface area contributed by atoms with E-state index in [0.29, 0.717) is 6.61 Å². The number of benzene rings is 1. The molecule has 1 aromatic heterocycles. The van der Waals surface area contributed by atoms with Crippen molar-refractivity contribution in [3.05, 3.63) is 59.9 Å². The second kappa shape index (κ2) is 6.17. The van der Waals surface area contributed by atoms with E-state index in [9.17, 15) is 0 Å². The van der Waals surface area contributed by atoms with Crippen LogP contribution in [0.5, 0.6) is 0 Å². The van der Waals surface area contributed by atoms with Crippen LogP contribution in [-0.4, -0.2) is 12.1 Å². The molecule has 1 unspecified atom stereocenters. The summed E-state index contributed by atoms with van der Waals surface area (Å²) in [6.45, 7) is 2.78. The minimum atomic E-state index is 0.255. The molecule has 0 aliphatic rings. The van der Waals surface area contributed by atoms with Crippen molar-refractivity contribution >= 4 is 5.69 Å². The van der Waals surface area contributed by atoms with Crippen LogP contribution < -0.4 is 5.32 Å². The Balaban J connectivity index is 2.07. The number of ether oxygens (including phenoxy) is 1. The van der Waals surface area contributed by atoms with Crippen molar-refractivity contribution in [2.75, 3.05) is 12.4 Å². The molecule has 0 aliphatic heterocycles. The summed E-state index contributed by atoms with van der Waals surface area (Å²) < 4.78 is 5.14. The molecule has 2 rings (SSSR count). The van der Waals surface area contributed by atoms with E-state index in [-0.39, 0.29) is 6.04 Å². The lowest BCUT2D eigenvalue weighted by atomic mass is 10.1. The molecule has 0 saturated carbocycles. The van der Waals surface area contributed by atoms with Gasteiger partial charge in [0.15, 0.2) is 0 Å². The summed E-state index contributed by atoms with van der Waals surface area (Å²) in [6.07, 6.45) is 3.63. The van der Waals surface area contributed by atoms with Gasteiger partial charge in [0.05, 0.1) is 6.61 Å². The van der Waals surface area contributed by atoms with E-state index in [4.69, 9.17) is 4.74 Å². The van der Waals surface area contributed by atoms with Crippen molar-refractivity contribution in [2.45, 2.75) is 19.6 Å². The van der Waals surface area contributed by atoms with Crippen LogP contribution in [0, 0.1) is 0 Å². The number of nitrogens with one attached hydrogen (secondary N) is 1. The topological polar surface area (TPSA) is 34.1 Å². The molecule has 1 heterocycles. The Morgan fingerprint density at radius 2 is 2.00 bits per heavy atom. The molecule has 0 bridgehead atoms. The standard InChI is InChI=1S/C15H18N2O/c1-12(14-6-8-16-9-7-14)17-15-5-3-4-13(10-15)11-18-2/h3-10,12,17H,11H2,1-2H3. The number of hydrogen-bond donors (Lipinski definition) is 1. The van der Waals surface area contributed by atoms with E-state index in [0.717, 1.165) is 5.69 Å². The summed E-state index contributed by atoms with van der Waals surface area (Å²) in [5.74, 6) is 0. The maximum atomic E-state index is 5.14. The highest BCUT2D eigenvalue weighted by molar-refractivity contribution is 5.47. The number of nitrogens with zero attached hydrogens (tertiary/aromatic N) is 1. The van der Waals surface area contributed by atoms with Gasteiger partial charge < -0.3 is 10.1 Å². The molecule has 1 atom stereocenters. The van der Waals surface area contributed by atoms with Gasteiger partial charge in [-0.25, -0.2) is 0 Å². The van der Waals surface area contributed by atoms with Gasteiger partial charge >= 0.3 is 0 Å². The van der Waals surface area contributed by atoms with E-state index in [1.807, 2.05) is 30.6 Å². The molecule has 1 aromatic carbocycles. The van der Waals surface area contributed by atoms with Crippen LogP contribution in [0.3, 0.4) is 0 Å². The van der Waals surface area contributed by atoms with E-state index < -0.39 is 0 Å². The van der Waals surface area contributed by atoms with Crippen molar-refractivity contribution in [3.63, 3.8) is 0 Å². The summed E-state index contributed by atoms with van der Waals surface area (Å²) in [5, 5.41) is 3.47. The molecule has 94 valence electrons. The van der Waals surface area contributed by atoms with Crippen LogP contribution in [0.15, 0.2) is 48.8 Å². The van der Waals surface area contributed by atoms with Crippen molar-refractivity contribution < 1.29 is 4.74 Å². The first-order valence-electron chi connectivity index (χ1n) is 6.04. The number of rotatable bonds is 5. The molecule has 0 aliphatic carbocycles. The third-order valence-corrected chi connectivity index (χ3v) is 2.83. The number of aromatic nitrogens is 1. The quantitative estimate of drug-likeness (QED) is 0.872. The summed E-state index contributed by atoms with van der Waals surface area (Å²) in [6, 6.07) is 12.6. The Morgan fingerprint density at radius 3 is 2.72 bits per heavy atom. The fraction of sp³-hybridized carbons (Fsp3) is 0.267. The molecule has 0 fully saturated rings. The van der Waals surface area contributed by atoms with Crippen LogP contribution in [-0.2, 0) is 11.3 Å². The monoisotopic (exact) mass is 242 g/mol. The first-order valence-corrected chi connectivity index (χ1v) is 6.04. The molecule has 0 spiro atoms. The largest absolute Gasteiger partial charge is 0.380 e. The smallest absolute Gasteiger partial charge is 0.0713 e. The lowest BCUT2D eigenvalue weighted by molar-refractivity contribution is 0.185. The third kappa shape index (κ3) is 3.31. The van der Waals surface area contributed by atoms with E-state index in [1.54, 1.807) is 7.11 Å². The second-order valence-electron chi connectivity index (χ2n) is 4.28. The number of hydrogen-bond acceptors (Lipinski definition) is 3. The molecular weight excluding hydrogens is 224 g/mol. The van der Waals surface area contributed by atoms with Gasteiger partial charge in [-0.2, -0.15) is 0 Å². The maximum Gasteiger partial charge on any atom is 0.0713 e. The third-order valence-electron chi connectivity index (χ3n) is 2.83. The minimum Gasteiger partial charge on any atom is -0.380 e. The molecule has 2 aromatic rings. The first-order chi connectivity index (χ1) is 8.79. The SMILES string of the molecule is COCc1cccc(NC(C)c2ccncc2)c1. The minimum absolute atomic E-state index is 0.255. The molecule has 3 nitrogen and oxygen atoms in total. The predicted octanol–water partition coefficient (Wildman–Crippen LogP) is 3.40. The highest BCUT2D eigenvalue weighted by Crippen LogP contribution is 2.19. The molecule has 18 heavy (non-hydrogen) atoms. The fourth-order valence-corrected chi connectivity index (χ4v) is 1.90. The lowest BCUT2D eigenvalue weighted by Gasteiger charge is -2.16. The first kappa shape index (κ1) is 12.6. The second-order valence-corrected chi connectivity index (χ2v) is 4.28. The van der Waals surface area contributed by atoms with Crippen LogP contribution >= 0.6 is 0 Å². The molecule has 0 saturated heterocycles. The summed E-state index contributed by atoms with van der Waals surface area (Å²) in [7, 11) is 1.71. The van der Waals surface area contributed by atoms with Gasteiger partial charge in [0.25, 0.3) is 0 Å². The van der Waals surface area contributed by atoms with Gasteiger partial charge in [0, 0.05) is 31.2 Å². The van der Waals surface area contributed by atoms with Crippen LogP contribution in [0.4, 0.5) is 5.69 Å². The number of anilines is 1. The Hall–Kier alpha value is -1.87. The van der Waals surface area contributed by atoms with E-state index in [1.165, 1.54) is 11.1 Å². The number of methoxy groups -OCH3 is 1. The Kier molecular flexibility index (Phi) is 4.31. The molecule has 0 radical (unpaired) electrons. The fourth-order valence-electron chi connectivity index (χ4n) is 1.90. The summed E-state index contributed by atoms with van der Waals surface area (Å²) >= 11 is 0. The highest BCUT2D eigenvalue weighted by Gasteiger charge is 2.04. The molecule has 0 amide bonds. The maximum absolute atomic E-state index is 5.14. The summed E-state index contributed by atoms with van der Waals surface area (Å²) in [5.41, 5.74) is 3.50. The van der Waals surface area contributed by atoms with Crippen LogP contribution in [0.25, 0.3) is 0 Å². The van der Waals surface area contributed by atoms with Gasteiger partial charge in [0.1, 0.15) is 0 Å². The van der Waals surface area contributed by atoms with Gasteiger partial charge in [0.2, 0.25) is 0 Å². The molecule has 1 N–H and O–H groups in total. The van der Waals surface area contributed by atoms with Crippen molar-refractivity contribution in [2.24, 2.45) is 0 Å². The van der Waals surface area contributed by atoms with Crippen molar-refractivity contribution in [1.29, 1.82) is 0 Å². The Bertz CT molecular complexity index is 485. The van der Waals surface area contributed by atoms with E-state index >= 15 is 0 Å². The van der Waals surface area contributed by atoms with Gasteiger partial charge in [-0.3, -0.25) is 4.98 Å². The van der Waals surface area contributed by atoms with Crippen LogP contribution in [0.1, 0.15) is 24.1 Å². The van der Waals surface area contributed by atoms with Crippen molar-refractivity contribution in [3.8, 4) is 0 Å². The average molecular weight is 242 g/mol. The summed E-state index contributed by atoms with van der Waals surface area (Å²) in [4.78, 5) is 4.03. The zero-order valence-corrected chi connectivity index (χ0v) is 10.8. The average Bonchev–Trinajstić information content (AvgIpc) is 2.40. The van der Waals surface area contributed by atoms with Crippen molar-refractivity contribution in [1.82, 2.24) is 4.98 Å². The van der Waals surface area contributed by atoms with Gasteiger partial charge in [-0.1, -0.05) is 12.1 Å². The van der Waals surface area contributed by atoms with Gasteiger partial charge in [-0.15, -0.1) is 0 Å². The Morgan fingerprint density at radius 1 is 1.22 bits per heavy atom. The molecular formula is C15H18N2O. The van der Waals surface area contributed by atoms with Gasteiger partial charge in [-0.05, 0) is 42.3 Å².